The van der Waals surface area contributed by atoms with Gasteiger partial charge < -0.3 is 14.6 Å². The second kappa shape index (κ2) is 8.88. The Labute approximate surface area is 184 Å². The fourth-order valence-electron chi connectivity index (χ4n) is 2.98. The number of thiazole rings is 1. The summed E-state index contributed by atoms with van der Waals surface area (Å²) in [4.78, 5) is 9.14. The van der Waals surface area contributed by atoms with E-state index in [1.807, 2.05) is 56.5 Å². The van der Waals surface area contributed by atoms with Gasteiger partial charge in [0, 0.05) is 16.6 Å². The fraction of sp³-hybridized carbons (Fsp3) is 0.391. The first-order valence-electron chi connectivity index (χ1n) is 10.4. The SMILES string of the molecule is CC.Cc1cccc(Nc2nc(-c3ccc(B4OC(C)(C)C(C)(C)O4)cc3)cs2)n1. The Morgan fingerprint density at radius 3 is 2.13 bits per heavy atom. The summed E-state index contributed by atoms with van der Waals surface area (Å²) in [6.07, 6.45) is 0. The average Bonchev–Trinajstić information content (AvgIpc) is 3.25. The minimum Gasteiger partial charge on any atom is -0.399 e. The number of nitrogens with zero attached hydrogens (tertiary/aromatic N) is 2. The normalized spacial score (nSPS) is 16.7. The van der Waals surface area contributed by atoms with Gasteiger partial charge in [0.15, 0.2) is 5.13 Å². The summed E-state index contributed by atoms with van der Waals surface area (Å²) in [5.74, 6) is 0.803. The monoisotopic (exact) mass is 423 g/mol. The van der Waals surface area contributed by atoms with E-state index in [4.69, 9.17) is 9.31 Å². The number of hydrogen-bond acceptors (Lipinski definition) is 6. The molecular weight excluding hydrogens is 393 g/mol. The molecule has 1 saturated heterocycles. The molecule has 3 heterocycles. The third-order valence-electron chi connectivity index (χ3n) is 5.36. The summed E-state index contributed by atoms with van der Waals surface area (Å²) in [6, 6.07) is 14.1. The molecular formula is C23H30BN3O2S. The van der Waals surface area contributed by atoms with Crippen LogP contribution in [0.3, 0.4) is 0 Å². The highest BCUT2D eigenvalue weighted by molar-refractivity contribution is 7.14. The summed E-state index contributed by atoms with van der Waals surface area (Å²) in [5, 5.41) is 6.13. The van der Waals surface area contributed by atoms with Gasteiger partial charge in [-0.05, 0) is 52.2 Å². The van der Waals surface area contributed by atoms with Crippen molar-refractivity contribution in [2.75, 3.05) is 5.32 Å². The lowest BCUT2D eigenvalue weighted by atomic mass is 9.79. The summed E-state index contributed by atoms with van der Waals surface area (Å²) in [6.45, 7) is 14.2. The molecule has 1 aliphatic rings. The smallest absolute Gasteiger partial charge is 0.399 e. The number of anilines is 2. The highest BCUT2D eigenvalue weighted by Crippen LogP contribution is 2.36. The molecule has 1 aliphatic heterocycles. The van der Waals surface area contributed by atoms with Crippen molar-refractivity contribution < 1.29 is 9.31 Å². The Balaban J connectivity index is 0.00000124. The first-order valence-corrected chi connectivity index (χ1v) is 11.2. The van der Waals surface area contributed by atoms with Crippen LogP contribution in [0.5, 0.6) is 0 Å². The molecule has 0 amide bonds. The van der Waals surface area contributed by atoms with E-state index in [0.717, 1.165) is 33.4 Å². The minimum absolute atomic E-state index is 0.338. The first-order chi connectivity index (χ1) is 14.2. The Bertz CT molecular complexity index is 970. The molecule has 0 bridgehead atoms. The van der Waals surface area contributed by atoms with Crippen LogP contribution in [0.4, 0.5) is 10.9 Å². The van der Waals surface area contributed by atoms with E-state index in [1.165, 1.54) is 0 Å². The zero-order valence-corrected chi connectivity index (χ0v) is 19.6. The van der Waals surface area contributed by atoms with E-state index in [1.54, 1.807) is 11.3 Å². The molecule has 1 N–H and O–H groups in total. The molecule has 2 aromatic heterocycles. The quantitative estimate of drug-likeness (QED) is 0.555. The largest absolute Gasteiger partial charge is 0.494 e. The Hall–Kier alpha value is -2.22. The lowest BCUT2D eigenvalue weighted by Gasteiger charge is -2.32. The first kappa shape index (κ1) is 22.5. The Kier molecular flexibility index (Phi) is 6.65. The van der Waals surface area contributed by atoms with Crippen molar-refractivity contribution in [3.05, 3.63) is 53.5 Å². The standard InChI is InChI=1S/C21H24BN3O2S.C2H6/c1-14-7-6-8-18(23-14)25-19-24-17(13-28-19)15-9-11-16(12-10-15)22-26-20(2,3)21(4,5)27-22;1-2/h6-13H,1-5H3,(H,23,24,25);1-2H3. The van der Waals surface area contributed by atoms with Crippen LogP contribution < -0.4 is 10.8 Å². The van der Waals surface area contributed by atoms with Crippen LogP contribution in [0.1, 0.15) is 47.2 Å². The van der Waals surface area contributed by atoms with Crippen LogP contribution in [0.2, 0.25) is 0 Å². The predicted octanol–water partition coefficient (Wildman–Crippen LogP) is 5.58. The van der Waals surface area contributed by atoms with E-state index in [0.29, 0.717) is 0 Å². The van der Waals surface area contributed by atoms with Crippen LogP contribution in [-0.2, 0) is 9.31 Å². The Morgan fingerprint density at radius 1 is 0.900 bits per heavy atom. The van der Waals surface area contributed by atoms with Crippen molar-refractivity contribution in [2.24, 2.45) is 0 Å². The summed E-state index contributed by atoms with van der Waals surface area (Å²) in [5.41, 5.74) is 3.30. The number of rotatable bonds is 4. The molecule has 7 heteroatoms. The van der Waals surface area contributed by atoms with Crippen LogP contribution in [0, 0.1) is 6.92 Å². The maximum Gasteiger partial charge on any atom is 0.494 e. The molecule has 0 unspecified atom stereocenters. The molecule has 0 spiro atoms. The van der Waals surface area contributed by atoms with Gasteiger partial charge in [0.2, 0.25) is 0 Å². The van der Waals surface area contributed by atoms with E-state index in [2.05, 4.69) is 55.1 Å². The van der Waals surface area contributed by atoms with E-state index >= 15 is 0 Å². The fourth-order valence-corrected chi connectivity index (χ4v) is 3.70. The van der Waals surface area contributed by atoms with Crippen LogP contribution in [0.15, 0.2) is 47.8 Å². The third-order valence-corrected chi connectivity index (χ3v) is 6.12. The molecule has 0 aliphatic carbocycles. The molecule has 4 rings (SSSR count). The molecule has 0 radical (unpaired) electrons. The number of nitrogens with one attached hydrogen (secondary N) is 1. The van der Waals surface area contributed by atoms with Gasteiger partial charge in [-0.3, -0.25) is 0 Å². The van der Waals surface area contributed by atoms with Crippen molar-refractivity contribution in [3.63, 3.8) is 0 Å². The number of hydrogen-bond donors (Lipinski definition) is 1. The molecule has 30 heavy (non-hydrogen) atoms. The lowest BCUT2D eigenvalue weighted by Crippen LogP contribution is -2.41. The number of aryl methyl sites for hydroxylation is 1. The molecule has 158 valence electrons. The summed E-state index contributed by atoms with van der Waals surface area (Å²) >= 11 is 1.56. The van der Waals surface area contributed by atoms with Gasteiger partial charge in [-0.1, -0.05) is 44.2 Å². The van der Waals surface area contributed by atoms with Crippen LogP contribution in [-0.4, -0.2) is 28.3 Å². The molecule has 0 atom stereocenters. The lowest BCUT2D eigenvalue weighted by molar-refractivity contribution is 0.00578. The highest BCUT2D eigenvalue weighted by atomic mass is 32.1. The predicted molar refractivity (Wildman–Crippen MR) is 127 cm³/mol. The highest BCUT2D eigenvalue weighted by Gasteiger charge is 2.51. The van der Waals surface area contributed by atoms with Crippen molar-refractivity contribution in [3.8, 4) is 11.3 Å². The van der Waals surface area contributed by atoms with Crippen molar-refractivity contribution in [1.82, 2.24) is 9.97 Å². The molecule has 0 saturated carbocycles. The second-order valence-electron chi connectivity index (χ2n) is 8.04. The van der Waals surface area contributed by atoms with Crippen LogP contribution >= 0.6 is 11.3 Å². The number of pyridine rings is 1. The van der Waals surface area contributed by atoms with Gasteiger partial charge in [-0.2, -0.15) is 0 Å². The number of benzene rings is 1. The third kappa shape index (κ3) is 4.74. The molecule has 5 nitrogen and oxygen atoms in total. The Morgan fingerprint density at radius 2 is 1.53 bits per heavy atom. The molecule has 1 aromatic carbocycles. The summed E-state index contributed by atoms with van der Waals surface area (Å²) < 4.78 is 12.2. The average molecular weight is 423 g/mol. The van der Waals surface area contributed by atoms with Crippen molar-refractivity contribution >= 4 is 34.9 Å². The molecule has 3 aromatic rings. The van der Waals surface area contributed by atoms with Crippen LogP contribution in [0.25, 0.3) is 11.3 Å². The topological polar surface area (TPSA) is 56.3 Å². The van der Waals surface area contributed by atoms with Gasteiger partial charge in [-0.25, -0.2) is 9.97 Å². The van der Waals surface area contributed by atoms with E-state index in [-0.39, 0.29) is 18.3 Å². The maximum absolute atomic E-state index is 6.12. The van der Waals surface area contributed by atoms with Gasteiger partial charge in [0.1, 0.15) is 5.82 Å². The summed E-state index contributed by atoms with van der Waals surface area (Å²) in [7, 11) is -0.348. The molecule has 1 fully saturated rings. The van der Waals surface area contributed by atoms with E-state index in [9.17, 15) is 0 Å². The van der Waals surface area contributed by atoms with Crippen molar-refractivity contribution in [1.29, 1.82) is 0 Å². The zero-order chi connectivity index (χ0) is 21.9. The van der Waals surface area contributed by atoms with Gasteiger partial charge in [-0.15, -0.1) is 11.3 Å². The second-order valence-corrected chi connectivity index (χ2v) is 8.90. The maximum atomic E-state index is 6.12. The van der Waals surface area contributed by atoms with Crippen molar-refractivity contribution in [2.45, 2.75) is 59.7 Å². The van der Waals surface area contributed by atoms with Gasteiger partial charge in [0.05, 0.1) is 16.9 Å². The minimum atomic E-state index is -0.348. The van der Waals surface area contributed by atoms with Gasteiger partial charge >= 0.3 is 7.12 Å². The van der Waals surface area contributed by atoms with Gasteiger partial charge in [0.25, 0.3) is 0 Å². The number of aromatic nitrogens is 2. The zero-order valence-electron chi connectivity index (χ0n) is 18.8. The van der Waals surface area contributed by atoms with E-state index < -0.39 is 0 Å².